The van der Waals surface area contributed by atoms with Gasteiger partial charge in [0.05, 0.1) is 0 Å². The van der Waals surface area contributed by atoms with Crippen LogP contribution in [0, 0.1) is 5.82 Å². The SMILES string of the molecule is OC(N1CCC(c2nnc(C3(O)CC3)[nH]2)CC1)N1CC(Oc2cccc(C3CC3)c2F)C1. The molecule has 2 aliphatic heterocycles. The van der Waals surface area contributed by atoms with Crippen molar-refractivity contribution >= 4 is 0 Å². The van der Waals surface area contributed by atoms with E-state index in [-0.39, 0.29) is 17.8 Å². The zero-order valence-corrected chi connectivity index (χ0v) is 18.1. The van der Waals surface area contributed by atoms with E-state index in [0.717, 1.165) is 63.0 Å². The quantitative estimate of drug-likeness (QED) is 0.602. The summed E-state index contributed by atoms with van der Waals surface area (Å²) in [5.74, 6) is 2.14. The van der Waals surface area contributed by atoms with Gasteiger partial charge < -0.3 is 19.9 Å². The number of nitrogens with one attached hydrogen (secondary N) is 1. The first-order valence-corrected chi connectivity index (χ1v) is 11.8. The molecule has 2 aromatic rings. The Morgan fingerprint density at radius 2 is 1.81 bits per heavy atom. The lowest BCUT2D eigenvalue weighted by molar-refractivity contribution is -0.169. The maximum absolute atomic E-state index is 14.7. The number of hydrogen-bond donors (Lipinski definition) is 3. The summed E-state index contributed by atoms with van der Waals surface area (Å²) >= 11 is 0. The number of H-pyrrole nitrogens is 1. The number of aromatic nitrogens is 3. The lowest BCUT2D eigenvalue weighted by atomic mass is 9.96. The lowest BCUT2D eigenvalue weighted by Crippen LogP contribution is -2.63. The standard InChI is InChI=1S/C23H30FN5O3/c24-19-17(14-4-5-14)2-1-3-18(19)32-16-12-29(13-16)22(30)28-10-6-15(7-11-28)20-25-21(27-26-20)23(31)8-9-23/h1-3,14-16,22,30-31H,4-13H2,(H,25,26,27). The van der Waals surface area contributed by atoms with Gasteiger partial charge in [-0.3, -0.25) is 9.80 Å². The monoisotopic (exact) mass is 443 g/mol. The van der Waals surface area contributed by atoms with Crippen molar-refractivity contribution in [3.05, 3.63) is 41.2 Å². The first-order chi connectivity index (χ1) is 15.5. The van der Waals surface area contributed by atoms with Crippen LogP contribution in [-0.2, 0) is 5.60 Å². The lowest BCUT2D eigenvalue weighted by Gasteiger charge is -2.46. The molecule has 1 atom stereocenters. The van der Waals surface area contributed by atoms with Crippen molar-refractivity contribution in [3.8, 4) is 5.75 Å². The second-order valence-electron chi connectivity index (χ2n) is 9.87. The van der Waals surface area contributed by atoms with Gasteiger partial charge in [0.15, 0.2) is 23.7 Å². The summed E-state index contributed by atoms with van der Waals surface area (Å²) in [7, 11) is 0. The largest absolute Gasteiger partial charge is 0.485 e. The molecule has 0 amide bonds. The number of likely N-dealkylation sites (tertiary alicyclic amines) is 2. The van der Waals surface area contributed by atoms with Gasteiger partial charge >= 0.3 is 0 Å². The van der Waals surface area contributed by atoms with E-state index in [1.807, 2.05) is 17.0 Å². The molecule has 172 valence electrons. The molecule has 2 saturated carbocycles. The Balaban J connectivity index is 0.985. The van der Waals surface area contributed by atoms with Crippen molar-refractivity contribution in [2.45, 2.75) is 68.4 Å². The van der Waals surface area contributed by atoms with Crippen LogP contribution in [0.4, 0.5) is 4.39 Å². The molecular weight excluding hydrogens is 413 g/mol. The normalized spacial score (nSPS) is 25.5. The van der Waals surface area contributed by atoms with Crippen molar-refractivity contribution in [1.82, 2.24) is 25.0 Å². The molecular formula is C23H30FN5O3. The van der Waals surface area contributed by atoms with Gasteiger partial charge in [0.1, 0.15) is 17.5 Å². The van der Waals surface area contributed by atoms with E-state index in [2.05, 4.69) is 20.1 Å². The summed E-state index contributed by atoms with van der Waals surface area (Å²) in [6, 6.07) is 5.42. The molecule has 8 nitrogen and oxygen atoms in total. The maximum atomic E-state index is 14.7. The molecule has 0 radical (unpaired) electrons. The molecule has 1 unspecified atom stereocenters. The zero-order valence-electron chi connectivity index (χ0n) is 18.1. The van der Waals surface area contributed by atoms with Crippen molar-refractivity contribution in [1.29, 1.82) is 0 Å². The third-order valence-corrected chi connectivity index (χ3v) is 7.42. The Labute approximate surface area is 186 Å². The molecule has 3 heterocycles. The molecule has 32 heavy (non-hydrogen) atoms. The Morgan fingerprint density at radius 1 is 1.06 bits per heavy atom. The van der Waals surface area contributed by atoms with Gasteiger partial charge in [0, 0.05) is 32.1 Å². The van der Waals surface area contributed by atoms with E-state index >= 15 is 0 Å². The van der Waals surface area contributed by atoms with E-state index in [0.29, 0.717) is 30.6 Å². The van der Waals surface area contributed by atoms with Crippen LogP contribution in [0.5, 0.6) is 5.75 Å². The number of aliphatic hydroxyl groups excluding tert-OH is 1. The van der Waals surface area contributed by atoms with Crippen molar-refractivity contribution in [3.63, 3.8) is 0 Å². The molecule has 0 spiro atoms. The number of hydrogen-bond acceptors (Lipinski definition) is 7. The number of piperidine rings is 1. The van der Waals surface area contributed by atoms with Crippen LogP contribution < -0.4 is 4.74 Å². The Kier molecular flexibility index (Phi) is 4.98. The van der Waals surface area contributed by atoms with E-state index in [1.54, 1.807) is 6.07 Å². The molecule has 1 aromatic heterocycles. The molecule has 3 N–H and O–H groups in total. The maximum Gasteiger partial charge on any atom is 0.168 e. The summed E-state index contributed by atoms with van der Waals surface area (Å²) < 4.78 is 20.5. The summed E-state index contributed by atoms with van der Waals surface area (Å²) in [5, 5.41) is 29.3. The van der Waals surface area contributed by atoms with Gasteiger partial charge in [-0.25, -0.2) is 4.39 Å². The number of aromatic amines is 1. The first kappa shape index (κ1) is 20.5. The number of rotatable bonds is 7. The zero-order chi connectivity index (χ0) is 21.9. The van der Waals surface area contributed by atoms with E-state index in [4.69, 9.17) is 4.74 Å². The molecule has 6 rings (SSSR count). The topological polar surface area (TPSA) is 97.7 Å². The highest BCUT2D eigenvalue weighted by atomic mass is 19.1. The van der Waals surface area contributed by atoms with Crippen LogP contribution in [0.25, 0.3) is 0 Å². The molecule has 2 saturated heterocycles. The average molecular weight is 444 g/mol. The third kappa shape index (κ3) is 3.81. The van der Waals surface area contributed by atoms with Crippen molar-refractivity contribution in [2.75, 3.05) is 26.2 Å². The molecule has 1 aromatic carbocycles. The minimum Gasteiger partial charge on any atom is -0.485 e. The summed E-state index contributed by atoms with van der Waals surface area (Å²) in [6.07, 6.45) is 4.58. The fourth-order valence-electron chi connectivity index (χ4n) is 4.90. The van der Waals surface area contributed by atoms with Crippen LogP contribution in [0.2, 0.25) is 0 Å². The Morgan fingerprint density at radius 3 is 2.50 bits per heavy atom. The van der Waals surface area contributed by atoms with Crippen molar-refractivity contribution < 1.29 is 19.3 Å². The van der Waals surface area contributed by atoms with E-state index in [9.17, 15) is 14.6 Å². The fraction of sp³-hybridized carbons (Fsp3) is 0.652. The number of benzene rings is 1. The predicted octanol–water partition coefficient (Wildman–Crippen LogP) is 2.02. The van der Waals surface area contributed by atoms with Gasteiger partial charge in [-0.2, -0.15) is 0 Å². The summed E-state index contributed by atoms with van der Waals surface area (Å²) in [5.41, 5.74) is -0.0211. The van der Waals surface area contributed by atoms with Crippen LogP contribution >= 0.6 is 0 Å². The smallest absolute Gasteiger partial charge is 0.168 e. The van der Waals surface area contributed by atoms with E-state index in [1.165, 1.54) is 0 Å². The summed E-state index contributed by atoms with van der Waals surface area (Å²) in [6.45, 7) is 2.68. The highest BCUT2D eigenvalue weighted by molar-refractivity contribution is 5.35. The van der Waals surface area contributed by atoms with Crippen LogP contribution in [0.1, 0.15) is 67.6 Å². The molecule has 9 heteroatoms. The molecule has 2 aliphatic carbocycles. The van der Waals surface area contributed by atoms with Gasteiger partial charge in [-0.1, -0.05) is 12.1 Å². The van der Waals surface area contributed by atoms with Gasteiger partial charge in [-0.05, 0) is 56.1 Å². The highest BCUT2D eigenvalue weighted by Crippen LogP contribution is 2.44. The Bertz CT molecular complexity index is 978. The summed E-state index contributed by atoms with van der Waals surface area (Å²) in [4.78, 5) is 7.24. The average Bonchev–Trinajstić information content (AvgIpc) is 3.70. The first-order valence-electron chi connectivity index (χ1n) is 11.8. The molecule has 4 fully saturated rings. The van der Waals surface area contributed by atoms with Gasteiger partial charge in [0.25, 0.3) is 0 Å². The number of ether oxygens (including phenoxy) is 1. The highest BCUT2D eigenvalue weighted by Gasteiger charge is 2.46. The second-order valence-corrected chi connectivity index (χ2v) is 9.87. The Hall–Kier alpha value is -2.07. The molecule has 0 bridgehead atoms. The minimum absolute atomic E-state index is 0.105. The second kappa shape index (κ2) is 7.76. The number of aliphatic hydroxyl groups is 2. The number of nitrogens with zero attached hydrogens (tertiary/aromatic N) is 4. The van der Waals surface area contributed by atoms with Gasteiger partial charge in [0.2, 0.25) is 0 Å². The minimum atomic E-state index is -0.791. The van der Waals surface area contributed by atoms with Crippen LogP contribution in [0.15, 0.2) is 18.2 Å². The fourth-order valence-corrected chi connectivity index (χ4v) is 4.90. The number of halogens is 1. The van der Waals surface area contributed by atoms with Gasteiger partial charge in [-0.15, -0.1) is 10.2 Å². The van der Waals surface area contributed by atoms with Crippen LogP contribution in [0.3, 0.4) is 0 Å². The third-order valence-electron chi connectivity index (χ3n) is 7.42. The molecule has 4 aliphatic rings. The predicted molar refractivity (Wildman–Crippen MR) is 113 cm³/mol. The van der Waals surface area contributed by atoms with E-state index < -0.39 is 12.0 Å². The van der Waals surface area contributed by atoms with Crippen LogP contribution in [-0.4, -0.2) is 73.8 Å². The van der Waals surface area contributed by atoms with Crippen molar-refractivity contribution in [2.24, 2.45) is 0 Å².